The minimum absolute atomic E-state index is 0.0402. The van der Waals surface area contributed by atoms with Gasteiger partial charge in [-0.2, -0.15) is 0 Å². The van der Waals surface area contributed by atoms with Crippen LogP contribution in [-0.2, 0) is 9.59 Å². The van der Waals surface area contributed by atoms with E-state index in [9.17, 15) is 24.9 Å². The van der Waals surface area contributed by atoms with Crippen LogP contribution in [0.5, 0.6) is 0 Å². The molecule has 1 aliphatic heterocycles. The zero-order chi connectivity index (χ0) is 31.2. The summed E-state index contributed by atoms with van der Waals surface area (Å²) in [7, 11) is 0. The summed E-state index contributed by atoms with van der Waals surface area (Å²) < 4.78 is 0. The molecule has 3 unspecified atom stereocenters. The SMILES string of the molecule is C[C@H](CCC(=O)NC(CCC1(C)NN1)C(=O)NCN=[N+]=[N-])[C@H]1CC[C@H]2[C@@H]3C(O)C(O)[C@@H]4C[C@H](O)CC[C@]4(C)[C@H]3CC[C@]12C. The van der Waals surface area contributed by atoms with Gasteiger partial charge < -0.3 is 26.0 Å². The molecule has 43 heavy (non-hydrogen) atoms. The molecule has 0 bridgehead atoms. The molecule has 0 radical (unpaired) electrons. The first-order valence-corrected chi connectivity index (χ1v) is 16.5. The Kier molecular flexibility index (Phi) is 9.39. The fourth-order valence-corrected chi connectivity index (χ4v) is 10.2. The Balaban J connectivity index is 1.20. The number of aliphatic hydroxyl groups excluding tert-OH is 3. The molecule has 4 saturated carbocycles. The van der Waals surface area contributed by atoms with Gasteiger partial charge in [-0.1, -0.05) is 25.9 Å². The molecular weight excluding hydrogens is 550 g/mol. The number of azide groups is 1. The normalized spacial score (nSPS) is 42.3. The first kappa shape index (κ1) is 32.4. The van der Waals surface area contributed by atoms with E-state index in [-0.39, 0.29) is 46.8 Å². The largest absolute Gasteiger partial charge is 0.393 e. The Hall–Kier alpha value is -1.95. The average Bonchev–Trinajstić information content (AvgIpc) is 3.60. The van der Waals surface area contributed by atoms with Crippen molar-refractivity contribution in [3.63, 3.8) is 0 Å². The van der Waals surface area contributed by atoms with Gasteiger partial charge in [0.05, 0.1) is 30.6 Å². The number of nitrogens with zero attached hydrogens (tertiary/aromatic N) is 3. The summed E-state index contributed by atoms with van der Waals surface area (Å²) in [6, 6.07) is -0.716. The highest BCUT2D eigenvalue weighted by atomic mass is 16.3. The van der Waals surface area contributed by atoms with Gasteiger partial charge in [-0.3, -0.25) is 9.59 Å². The molecule has 12 nitrogen and oxygen atoms in total. The van der Waals surface area contributed by atoms with Crippen LogP contribution < -0.4 is 21.5 Å². The second-order valence-corrected chi connectivity index (χ2v) is 15.2. The summed E-state index contributed by atoms with van der Waals surface area (Å²) in [4.78, 5) is 28.5. The van der Waals surface area contributed by atoms with E-state index in [1.807, 2.05) is 6.92 Å². The molecule has 1 heterocycles. The third-order valence-corrected chi connectivity index (χ3v) is 12.8. The van der Waals surface area contributed by atoms with Crippen LogP contribution in [-0.4, -0.2) is 63.8 Å². The van der Waals surface area contributed by atoms with E-state index < -0.39 is 24.4 Å². The number of hydrogen-bond acceptors (Lipinski definition) is 8. The number of rotatable bonds is 11. The van der Waals surface area contributed by atoms with E-state index >= 15 is 0 Å². The zero-order valence-corrected chi connectivity index (χ0v) is 26.3. The summed E-state index contributed by atoms with van der Waals surface area (Å²) in [6.07, 6.45) is 6.62. The maximum absolute atomic E-state index is 13.1. The quantitative estimate of drug-likeness (QED) is 0.0811. The molecule has 4 aliphatic carbocycles. The molecule has 7 N–H and O–H groups in total. The van der Waals surface area contributed by atoms with Gasteiger partial charge in [0.1, 0.15) is 6.04 Å². The summed E-state index contributed by atoms with van der Waals surface area (Å²) in [5.74, 6) is 0.881. The standard InChI is InChI=1S/C31H53N7O5/c1-17(5-8-24(40)35-23(11-14-31(4)36-37-31)28(43)33-16-34-38-32)19-6-7-20-25-21(10-13-29(19,20)2)30(3)12-9-18(39)15-22(30)26(41)27(25)42/h17-23,25-27,36-37,39,41-42H,5-16H2,1-4H3,(H,33,43)(H,35,40)/t17-,18-,19-,20+,21+,22+,23?,25+,26?,27?,29-,30-/m1/s1. The molecule has 2 amide bonds. The van der Waals surface area contributed by atoms with Gasteiger partial charge in [0.25, 0.3) is 0 Å². The number of carbonyl (C=O) groups excluding carboxylic acids is 2. The average molecular weight is 604 g/mol. The number of fused-ring (bicyclic) bond motifs is 5. The maximum atomic E-state index is 13.1. The summed E-state index contributed by atoms with van der Waals surface area (Å²) >= 11 is 0. The topological polar surface area (TPSA) is 212 Å². The van der Waals surface area contributed by atoms with Crippen LogP contribution >= 0.6 is 0 Å². The predicted molar refractivity (Wildman–Crippen MR) is 160 cm³/mol. The molecule has 0 aromatic heterocycles. The van der Waals surface area contributed by atoms with Crippen LogP contribution in [0.2, 0.25) is 0 Å². The lowest BCUT2D eigenvalue weighted by atomic mass is 9.43. The Morgan fingerprint density at radius 3 is 2.37 bits per heavy atom. The predicted octanol–water partition coefficient (Wildman–Crippen LogP) is 2.84. The van der Waals surface area contributed by atoms with E-state index in [0.717, 1.165) is 38.5 Å². The number of amides is 2. The van der Waals surface area contributed by atoms with E-state index in [1.54, 1.807) is 0 Å². The first-order valence-electron chi connectivity index (χ1n) is 16.5. The zero-order valence-electron chi connectivity index (χ0n) is 26.3. The Bertz CT molecular complexity index is 1100. The fourth-order valence-electron chi connectivity index (χ4n) is 10.2. The summed E-state index contributed by atoms with van der Waals surface area (Å²) in [5, 5.41) is 42.1. The van der Waals surface area contributed by atoms with E-state index in [1.165, 1.54) is 0 Å². The molecule has 12 atom stereocenters. The number of hydrazine groups is 1. The second kappa shape index (κ2) is 12.4. The molecule has 0 aromatic rings. The minimum atomic E-state index is -0.797. The van der Waals surface area contributed by atoms with Crippen molar-refractivity contribution in [1.82, 2.24) is 21.5 Å². The highest BCUT2D eigenvalue weighted by molar-refractivity contribution is 5.87. The van der Waals surface area contributed by atoms with Crippen LogP contribution in [0, 0.1) is 46.3 Å². The second-order valence-electron chi connectivity index (χ2n) is 15.2. The lowest BCUT2D eigenvalue weighted by Gasteiger charge is -2.63. The van der Waals surface area contributed by atoms with Crippen LogP contribution in [0.25, 0.3) is 10.4 Å². The lowest BCUT2D eigenvalue weighted by Crippen LogP contribution is -2.64. The molecular formula is C31H53N7O5. The summed E-state index contributed by atoms with van der Waals surface area (Å²) in [6.45, 7) is 8.74. The Labute approximate surface area is 255 Å². The Morgan fingerprint density at radius 2 is 1.67 bits per heavy atom. The number of nitrogens with one attached hydrogen (secondary N) is 4. The van der Waals surface area contributed by atoms with Gasteiger partial charge in [-0.15, -0.1) is 0 Å². The van der Waals surface area contributed by atoms with Gasteiger partial charge in [0, 0.05) is 11.3 Å². The van der Waals surface area contributed by atoms with Crippen LogP contribution in [0.3, 0.4) is 0 Å². The van der Waals surface area contributed by atoms with Crippen LogP contribution in [0.1, 0.15) is 98.3 Å². The molecule has 242 valence electrons. The molecule has 1 saturated heterocycles. The number of hydrogen-bond donors (Lipinski definition) is 7. The highest BCUT2D eigenvalue weighted by Gasteiger charge is 2.65. The molecule has 5 rings (SSSR count). The minimum Gasteiger partial charge on any atom is -0.393 e. The Morgan fingerprint density at radius 1 is 0.977 bits per heavy atom. The first-order chi connectivity index (χ1) is 20.3. The van der Waals surface area contributed by atoms with E-state index in [4.69, 9.17) is 5.53 Å². The fraction of sp³-hybridized carbons (Fsp3) is 0.935. The van der Waals surface area contributed by atoms with Crippen molar-refractivity contribution in [1.29, 1.82) is 0 Å². The monoisotopic (exact) mass is 603 g/mol. The smallest absolute Gasteiger partial charge is 0.242 e. The number of carbonyl (C=O) groups is 2. The number of aliphatic hydroxyl groups is 3. The molecule has 0 spiro atoms. The van der Waals surface area contributed by atoms with Gasteiger partial charge in [-0.25, -0.2) is 10.9 Å². The lowest BCUT2D eigenvalue weighted by molar-refractivity contribution is -0.223. The summed E-state index contributed by atoms with van der Waals surface area (Å²) in [5.41, 5.74) is 14.4. The third kappa shape index (κ3) is 6.29. The van der Waals surface area contributed by atoms with Gasteiger partial charge in [0.15, 0.2) is 0 Å². The molecule has 5 aliphatic rings. The van der Waals surface area contributed by atoms with Crippen LogP contribution in [0.15, 0.2) is 5.11 Å². The van der Waals surface area contributed by atoms with Crippen molar-refractivity contribution in [3.8, 4) is 0 Å². The maximum Gasteiger partial charge on any atom is 0.242 e. The molecule has 5 fully saturated rings. The van der Waals surface area contributed by atoms with Crippen molar-refractivity contribution < 1.29 is 24.9 Å². The van der Waals surface area contributed by atoms with Crippen molar-refractivity contribution in [2.24, 2.45) is 51.5 Å². The van der Waals surface area contributed by atoms with Gasteiger partial charge >= 0.3 is 0 Å². The van der Waals surface area contributed by atoms with Gasteiger partial charge in [-0.05, 0) is 123 Å². The van der Waals surface area contributed by atoms with Crippen molar-refractivity contribution in [2.45, 2.75) is 128 Å². The van der Waals surface area contributed by atoms with Crippen LogP contribution in [0.4, 0.5) is 0 Å². The highest BCUT2D eigenvalue weighted by Crippen LogP contribution is 2.68. The molecule has 12 heteroatoms. The van der Waals surface area contributed by atoms with Crippen molar-refractivity contribution >= 4 is 11.8 Å². The third-order valence-electron chi connectivity index (χ3n) is 12.8. The van der Waals surface area contributed by atoms with Crippen molar-refractivity contribution in [2.75, 3.05) is 6.67 Å². The molecule has 0 aromatic carbocycles. The van der Waals surface area contributed by atoms with E-state index in [0.29, 0.717) is 55.8 Å². The van der Waals surface area contributed by atoms with Gasteiger partial charge in [0.2, 0.25) is 11.8 Å². The van der Waals surface area contributed by atoms with E-state index in [2.05, 4.69) is 52.3 Å². The van der Waals surface area contributed by atoms with Crippen molar-refractivity contribution in [3.05, 3.63) is 10.4 Å².